The third-order valence-corrected chi connectivity index (χ3v) is 4.55. The summed E-state index contributed by atoms with van der Waals surface area (Å²) in [5, 5.41) is 0. The van der Waals surface area contributed by atoms with Crippen molar-refractivity contribution in [1.82, 2.24) is 0 Å². The molecule has 1 nitrogen and oxygen atoms in total. The number of pyridine rings is 1. The number of rotatable bonds is 3. The van der Waals surface area contributed by atoms with Crippen LogP contribution in [-0.2, 0) is 0 Å². The third-order valence-electron chi connectivity index (χ3n) is 4.55. The summed E-state index contributed by atoms with van der Waals surface area (Å²) in [6.07, 6.45) is 5.45. The van der Waals surface area contributed by atoms with Crippen molar-refractivity contribution in [2.45, 2.75) is 13.8 Å². The van der Waals surface area contributed by atoms with Gasteiger partial charge in [-0.05, 0) is 48.2 Å². The lowest BCUT2D eigenvalue weighted by Crippen LogP contribution is -2.30. The van der Waals surface area contributed by atoms with E-state index in [1.807, 2.05) is 12.1 Å². The molecule has 1 aromatic heterocycles. The predicted octanol–water partition coefficient (Wildman–Crippen LogP) is 5.71. The van der Waals surface area contributed by atoms with Gasteiger partial charge >= 0.3 is 0 Å². The normalized spacial score (nSPS) is 10.7. The third kappa shape index (κ3) is 3.43. The molecule has 0 amide bonds. The molecule has 0 aliphatic carbocycles. The number of hydrogen-bond donors (Lipinski definition) is 0. The molecule has 1 heterocycles. The Morgan fingerprint density at radius 2 is 1.19 bits per heavy atom. The summed E-state index contributed by atoms with van der Waals surface area (Å²) in [5.41, 5.74) is 8.53. The molecular formula is C25H21N. The van der Waals surface area contributed by atoms with Gasteiger partial charge in [0.15, 0.2) is 6.20 Å². The molecule has 0 saturated carbocycles. The van der Waals surface area contributed by atoms with Crippen LogP contribution in [0.4, 0.5) is 0 Å². The first-order valence-corrected chi connectivity index (χ1v) is 8.87. The highest BCUT2D eigenvalue weighted by Crippen LogP contribution is 2.24. The number of hydrogen-bond acceptors (Lipinski definition) is 0. The Kier molecular flexibility index (Phi) is 4.37. The first-order chi connectivity index (χ1) is 12.7. The van der Waals surface area contributed by atoms with Crippen molar-refractivity contribution >= 4 is 0 Å². The summed E-state index contributed by atoms with van der Waals surface area (Å²) in [6, 6.07) is 29.9. The molecule has 26 heavy (non-hydrogen) atoms. The zero-order chi connectivity index (χ0) is 17.9. The molecule has 0 fully saturated rings. The molecule has 0 N–H and O–H groups in total. The number of aromatic nitrogens is 1. The van der Waals surface area contributed by atoms with E-state index in [2.05, 4.69) is 104 Å². The summed E-state index contributed by atoms with van der Waals surface area (Å²) >= 11 is 0. The quantitative estimate of drug-likeness (QED) is 0.333. The second kappa shape index (κ2) is 6.97. The number of aryl methyl sites for hydroxylation is 2. The molecule has 0 unspecified atom stereocenters. The maximum Gasteiger partial charge on any atom is 0.152 e. The van der Waals surface area contributed by atoms with Crippen LogP contribution < -0.4 is 4.57 Å². The molecule has 4 aromatic rings. The van der Waals surface area contributed by atoms with Crippen molar-refractivity contribution in [3.63, 3.8) is 0 Å². The fourth-order valence-corrected chi connectivity index (χ4v) is 3.32. The van der Waals surface area contributed by atoms with Gasteiger partial charge in [-0.25, -0.2) is 0 Å². The molecule has 0 saturated heterocycles. The zero-order valence-corrected chi connectivity index (χ0v) is 15.1. The molecule has 0 atom stereocenters. The van der Waals surface area contributed by atoms with E-state index in [-0.39, 0.29) is 0 Å². The molecule has 0 aliphatic rings. The van der Waals surface area contributed by atoms with Gasteiger partial charge in [0.2, 0.25) is 0 Å². The zero-order valence-electron chi connectivity index (χ0n) is 15.1. The maximum atomic E-state index is 3.30. The minimum absolute atomic E-state index is 1.14. The van der Waals surface area contributed by atoms with Gasteiger partial charge in [-0.2, -0.15) is 0 Å². The average molecular weight is 335 g/mol. The molecule has 3 aromatic carbocycles. The van der Waals surface area contributed by atoms with E-state index in [9.17, 15) is 0 Å². The maximum absolute atomic E-state index is 3.30. The largest absolute Gasteiger partial charge is 0.285 e. The van der Waals surface area contributed by atoms with Crippen LogP contribution in [0.1, 0.15) is 11.1 Å². The van der Waals surface area contributed by atoms with E-state index >= 15 is 0 Å². The van der Waals surface area contributed by atoms with E-state index in [1.54, 1.807) is 0 Å². The van der Waals surface area contributed by atoms with Crippen molar-refractivity contribution < 1.29 is 4.57 Å². The van der Waals surface area contributed by atoms with Crippen LogP contribution in [0.2, 0.25) is 0 Å². The number of nitrogens with zero attached hydrogens (tertiary/aromatic N) is 1. The van der Waals surface area contributed by atoms with E-state index in [0.717, 1.165) is 5.69 Å². The van der Waals surface area contributed by atoms with Crippen molar-refractivity contribution in [1.29, 1.82) is 0 Å². The van der Waals surface area contributed by atoms with Crippen molar-refractivity contribution in [2.75, 3.05) is 0 Å². The highest BCUT2D eigenvalue weighted by atomic mass is 14.9. The van der Waals surface area contributed by atoms with Gasteiger partial charge in [-0.3, -0.25) is 4.57 Å². The summed E-state index contributed by atoms with van der Waals surface area (Å²) in [4.78, 5) is 0. The highest BCUT2D eigenvalue weighted by molar-refractivity contribution is 5.69. The molecule has 0 aliphatic heterocycles. The van der Waals surface area contributed by atoms with Crippen molar-refractivity contribution in [3.05, 3.63) is 108 Å². The Morgan fingerprint density at radius 1 is 0.615 bits per heavy atom. The summed E-state index contributed by atoms with van der Waals surface area (Å²) < 4.78 is 2.07. The van der Waals surface area contributed by atoms with E-state index in [0.29, 0.717) is 0 Å². The summed E-state index contributed by atoms with van der Waals surface area (Å²) in [6.45, 7) is 4.26. The van der Waals surface area contributed by atoms with Crippen molar-refractivity contribution in [3.8, 4) is 27.9 Å². The smallest absolute Gasteiger partial charge is 0.152 e. The molecule has 0 bridgehead atoms. The standard InChI is InChI=1S/C25H21N/c1-19-15-20(2)17-25(16-19)26-14-6-9-24(18-26)23-12-10-22(11-13-23)21-7-4-3-5-8-21/h3-13,15-18H,1-2H3. The molecule has 0 spiro atoms. The second-order valence-corrected chi connectivity index (χ2v) is 6.71. The fourth-order valence-electron chi connectivity index (χ4n) is 3.32. The van der Waals surface area contributed by atoms with Crippen LogP contribution in [0.25, 0.3) is 27.9 Å². The van der Waals surface area contributed by atoms with Crippen molar-refractivity contribution in [2.24, 2.45) is 0 Å². The SMILES string of the molecule is Cc1cc(C)cc(-[n+]2[c-]ccc(-c3ccc(-c4ccccc4)cc3)c2)c1. The van der Waals surface area contributed by atoms with Gasteiger partial charge in [-0.15, -0.1) is 6.07 Å². The van der Waals surface area contributed by atoms with E-state index < -0.39 is 0 Å². The van der Waals surface area contributed by atoms with Gasteiger partial charge in [0.1, 0.15) is 5.69 Å². The predicted molar refractivity (Wildman–Crippen MR) is 107 cm³/mol. The summed E-state index contributed by atoms with van der Waals surface area (Å²) in [7, 11) is 0. The molecule has 126 valence electrons. The van der Waals surface area contributed by atoms with Crippen LogP contribution in [0.15, 0.2) is 91.1 Å². The number of benzene rings is 3. The van der Waals surface area contributed by atoms with Crippen LogP contribution >= 0.6 is 0 Å². The lowest BCUT2D eigenvalue weighted by atomic mass is 10.0. The Balaban J connectivity index is 1.68. The van der Waals surface area contributed by atoms with Gasteiger partial charge in [-0.1, -0.05) is 77.9 Å². The fraction of sp³-hybridized carbons (Fsp3) is 0.0800. The van der Waals surface area contributed by atoms with Gasteiger partial charge in [0.05, 0.1) is 6.20 Å². The molecule has 4 rings (SSSR count). The lowest BCUT2D eigenvalue weighted by Gasteiger charge is -2.10. The van der Waals surface area contributed by atoms with Crippen LogP contribution in [-0.4, -0.2) is 0 Å². The first kappa shape index (κ1) is 16.3. The lowest BCUT2D eigenvalue weighted by molar-refractivity contribution is -0.599. The minimum atomic E-state index is 1.14. The Morgan fingerprint density at radius 3 is 1.85 bits per heavy atom. The summed E-state index contributed by atoms with van der Waals surface area (Å²) in [5.74, 6) is 0. The first-order valence-electron chi connectivity index (χ1n) is 8.87. The minimum Gasteiger partial charge on any atom is -0.285 e. The average Bonchev–Trinajstić information content (AvgIpc) is 2.68. The van der Waals surface area contributed by atoms with E-state index in [4.69, 9.17) is 0 Å². The molecular weight excluding hydrogens is 314 g/mol. The van der Waals surface area contributed by atoms with Gasteiger partial charge < -0.3 is 0 Å². The van der Waals surface area contributed by atoms with E-state index in [1.165, 1.54) is 33.4 Å². The monoisotopic (exact) mass is 335 g/mol. The van der Waals surface area contributed by atoms with Gasteiger partial charge in [0.25, 0.3) is 0 Å². The van der Waals surface area contributed by atoms with Crippen LogP contribution in [0, 0.1) is 20.0 Å². The second-order valence-electron chi connectivity index (χ2n) is 6.71. The van der Waals surface area contributed by atoms with Crippen LogP contribution in [0.5, 0.6) is 0 Å². The Labute approximate surface area is 155 Å². The molecule has 0 radical (unpaired) electrons. The topological polar surface area (TPSA) is 3.88 Å². The molecule has 1 heteroatoms. The Hall–Kier alpha value is -3.19. The van der Waals surface area contributed by atoms with Crippen LogP contribution in [0.3, 0.4) is 0 Å². The highest BCUT2D eigenvalue weighted by Gasteiger charge is 2.04. The van der Waals surface area contributed by atoms with Gasteiger partial charge in [0, 0.05) is 0 Å². The Bertz CT molecular complexity index is 1010.